The van der Waals surface area contributed by atoms with Crippen molar-refractivity contribution in [3.8, 4) is 5.75 Å². The molecule has 1 N–H and O–H groups in total. The van der Waals surface area contributed by atoms with Crippen LogP contribution in [-0.4, -0.2) is 5.11 Å². The van der Waals surface area contributed by atoms with Gasteiger partial charge in [-0.3, -0.25) is 0 Å². The summed E-state index contributed by atoms with van der Waals surface area (Å²) in [6.07, 6.45) is 7.65. The molecule has 0 aliphatic heterocycles. The minimum atomic E-state index is 0.504. The van der Waals surface area contributed by atoms with Gasteiger partial charge in [-0.1, -0.05) is 37.1 Å². The lowest BCUT2D eigenvalue weighted by atomic mass is 9.94. The van der Waals surface area contributed by atoms with Crippen molar-refractivity contribution in [1.29, 1.82) is 0 Å². The summed E-state index contributed by atoms with van der Waals surface area (Å²) in [5.41, 5.74) is 2.15. The molecule has 1 saturated carbocycles. The molecule has 0 spiro atoms. The van der Waals surface area contributed by atoms with Crippen LogP contribution in [0.4, 0.5) is 0 Å². The summed E-state index contributed by atoms with van der Waals surface area (Å²) in [5, 5.41) is 10.1. The van der Waals surface area contributed by atoms with E-state index < -0.39 is 0 Å². The molecule has 2 rings (SSSR count). The molecule has 1 aliphatic carbocycles. The summed E-state index contributed by atoms with van der Waals surface area (Å²) >= 11 is 0. The Hall–Kier alpha value is -1.24. The van der Waals surface area contributed by atoms with E-state index in [0.29, 0.717) is 11.7 Å². The van der Waals surface area contributed by atoms with Crippen LogP contribution in [-0.2, 0) is 6.42 Å². The lowest BCUT2D eigenvalue weighted by molar-refractivity contribution is 0.455. The first-order valence-corrected chi connectivity index (χ1v) is 5.74. The van der Waals surface area contributed by atoms with E-state index in [1.165, 1.54) is 25.7 Å². The van der Waals surface area contributed by atoms with Crippen LogP contribution in [0.1, 0.15) is 42.7 Å². The van der Waals surface area contributed by atoms with E-state index in [-0.39, 0.29) is 0 Å². The molecule has 0 radical (unpaired) electrons. The SMILES string of the molecule is C=CCc1cccc(C2CCCC2)c1O. The van der Waals surface area contributed by atoms with Crippen LogP contribution in [0.3, 0.4) is 0 Å². The van der Waals surface area contributed by atoms with Gasteiger partial charge in [0.15, 0.2) is 0 Å². The zero-order valence-corrected chi connectivity index (χ0v) is 9.08. The Bertz CT molecular complexity index is 348. The topological polar surface area (TPSA) is 20.2 Å². The van der Waals surface area contributed by atoms with Gasteiger partial charge in [0, 0.05) is 0 Å². The Labute approximate surface area is 91.4 Å². The fourth-order valence-corrected chi connectivity index (χ4v) is 2.50. The van der Waals surface area contributed by atoms with Crippen LogP contribution in [0.15, 0.2) is 30.9 Å². The molecule has 0 saturated heterocycles. The van der Waals surface area contributed by atoms with Gasteiger partial charge in [-0.2, -0.15) is 0 Å². The van der Waals surface area contributed by atoms with Crippen molar-refractivity contribution >= 4 is 0 Å². The van der Waals surface area contributed by atoms with E-state index in [0.717, 1.165) is 17.5 Å². The first kappa shape index (κ1) is 10.3. The molecule has 1 nitrogen and oxygen atoms in total. The van der Waals surface area contributed by atoms with Gasteiger partial charge in [0.2, 0.25) is 0 Å². The van der Waals surface area contributed by atoms with Crippen molar-refractivity contribution in [3.63, 3.8) is 0 Å². The molecule has 0 atom stereocenters. The average molecular weight is 202 g/mol. The summed E-state index contributed by atoms with van der Waals surface area (Å²) in [5.74, 6) is 1.08. The molecule has 15 heavy (non-hydrogen) atoms. The van der Waals surface area contributed by atoms with E-state index in [1.807, 2.05) is 18.2 Å². The predicted molar refractivity (Wildman–Crippen MR) is 63.2 cm³/mol. The van der Waals surface area contributed by atoms with Crippen LogP contribution in [0.5, 0.6) is 5.75 Å². The van der Waals surface area contributed by atoms with Crippen LogP contribution in [0.25, 0.3) is 0 Å². The summed E-state index contributed by atoms with van der Waals surface area (Å²) in [6, 6.07) is 6.10. The van der Waals surface area contributed by atoms with Crippen molar-refractivity contribution in [2.45, 2.75) is 38.0 Å². The summed E-state index contributed by atoms with van der Waals surface area (Å²) in [7, 11) is 0. The number of aromatic hydroxyl groups is 1. The molecule has 1 aromatic rings. The monoisotopic (exact) mass is 202 g/mol. The number of rotatable bonds is 3. The third-order valence-corrected chi connectivity index (χ3v) is 3.31. The van der Waals surface area contributed by atoms with Gasteiger partial charge in [-0.25, -0.2) is 0 Å². The second-order valence-electron chi connectivity index (χ2n) is 4.33. The molecule has 80 valence electrons. The highest BCUT2D eigenvalue weighted by Gasteiger charge is 2.20. The van der Waals surface area contributed by atoms with Crippen molar-refractivity contribution < 1.29 is 5.11 Å². The number of phenols is 1. The molecular weight excluding hydrogens is 184 g/mol. The molecule has 1 fully saturated rings. The van der Waals surface area contributed by atoms with Crippen LogP contribution < -0.4 is 0 Å². The Morgan fingerprint density at radius 2 is 2.07 bits per heavy atom. The minimum absolute atomic E-state index is 0.504. The molecule has 0 aromatic heterocycles. The second kappa shape index (κ2) is 4.52. The molecule has 1 aliphatic rings. The summed E-state index contributed by atoms with van der Waals surface area (Å²) < 4.78 is 0. The van der Waals surface area contributed by atoms with Crippen molar-refractivity contribution in [1.82, 2.24) is 0 Å². The molecule has 0 unspecified atom stereocenters. The molecule has 0 heterocycles. The molecule has 1 aromatic carbocycles. The lowest BCUT2D eigenvalue weighted by Gasteiger charge is -2.13. The number of benzene rings is 1. The van der Waals surface area contributed by atoms with Gasteiger partial charge in [0.25, 0.3) is 0 Å². The third kappa shape index (κ3) is 2.06. The second-order valence-corrected chi connectivity index (χ2v) is 4.33. The first-order valence-electron chi connectivity index (χ1n) is 5.74. The molecule has 0 bridgehead atoms. The maximum absolute atomic E-state index is 10.1. The van der Waals surface area contributed by atoms with Gasteiger partial charge in [-0.15, -0.1) is 6.58 Å². The Kier molecular flexibility index (Phi) is 3.10. The fourth-order valence-electron chi connectivity index (χ4n) is 2.50. The number of hydrogen-bond acceptors (Lipinski definition) is 1. The highest BCUT2D eigenvalue weighted by Crippen LogP contribution is 2.39. The highest BCUT2D eigenvalue weighted by molar-refractivity contribution is 5.43. The molecule has 0 amide bonds. The van der Waals surface area contributed by atoms with Crippen molar-refractivity contribution in [3.05, 3.63) is 42.0 Å². The zero-order chi connectivity index (χ0) is 10.7. The number of para-hydroxylation sites is 1. The van der Waals surface area contributed by atoms with Crippen LogP contribution >= 0.6 is 0 Å². The Morgan fingerprint density at radius 1 is 1.33 bits per heavy atom. The van der Waals surface area contributed by atoms with Gasteiger partial charge in [0.05, 0.1) is 0 Å². The van der Waals surface area contributed by atoms with Gasteiger partial charge >= 0.3 is 0 Å². The fraction of sp³-hybridized carbons (Fsp3) is 0.429. The van der Waals surface area contributed by atoms with Crippen LogP contribution in [0.2, 0.25) is 0 Å². The van der Waals surface area contributed by atoms with E-state index in [4.69, 9.17) is 0 Å². The number of phenolic OH excluding ortho intramolecular Hbond substituents is 1. The summed E-state index contributed by atoms with van der Waals surface area (Å²) in [6.45, 7) is 3.71. The van der Waals surface area contributed by atoms with Crippen molar-refractivity contribution in [2.24, 2.45) is 0 Å². The Balaban J connectivity index is 2.30. The Morgan fingerprint density at radius 3 is 2.73 bits per heavy atom. The number of allylic oxidation sites excluding steroid dienone is 1. The lowest BCUT2D eigenvalue weighted by Crippen LogP contribution is -1.95. The van der Waals surface area contributed by atoms with E-state index in [2.05, 4.69) is 12.6 Å². The standard InChI is InChI=1S/C14H18O/c1-2-6-12-9-5-10-13(14(12)15)11-7-3-4-8-11/h2,5,9-11,15H,1,3-4,6-8H2. The van der Waals surface area contributed by atoms with Crippen LogP contribution in [0, 0.1) is 0 Å². The average Bonchev–Trinajstić information content (AvgIpc) is 2.74. The first-order chi connectivity index (χ1) is 7.33. The maximum atomic E-state index is 10.1. The van der Waals surface area contributed by atoms with E-state index in [9.17, 15) is 5.11 Å². The van der Waals surface area contributed by atoms with Gasteiger partial charge in [0.1, 0.15) is 5.75 Å². The molecular formula is C14H18O. The number of hydrogen-bond donors (Lipinski definition) is 1. The predicted octanol–water partition coefficient (Wildman–Crippen LogP) is 3.78. The van der Waals surface area contributed by atoms with E-state index in [1.54, 1.807) is 0 Å². The quantitative estimate of drug-likeness (QED) is 0.739. The maximum Gasteiger partial charge on any atom is 0.122 e. The normalized spacial score (nSPS) is 16.8. The summed E-state index contributed by atoms with van der Waals surface area (Å²) in [4.78, 5) is 0. The zero-order valence-electron chi connectivity index (χ0n) is 9.08. The van der Waals surface area contributed by atoms with E-state index >= 15 is 0 Å². The van der Waals surface area contributed by atoms with Crippen molar-refractivity contribution in [2.75, 3.05) is 0 Å². The highest BCUT2D eigenvalue weighted by atomic mass is 16.3. The van der Waals surface area contributed by atoms with Gasteiger partial charge < -0.3 is 5.11 Å². The third-order valence-electron chi connectivity index (χ3n) is 3.31. The largest absolute Gasteiger partial charge is 0.507 e. The van der Waals surface area contributed by atoms with Gasteiger partial charge in [-0.05, 0) is 36.3 Å². The minimum Gasteiger partial charge on any atom is -0.507 e. The smallest absolute Gasteiger partial charge is 0.122 e. The molecule has 1 heteroatoms.